The first kappa shape index (κ1) is 14.5. The van der Waals surface area contributed by atoms with Gasteiger partial charge in [-0.25, -0.2) is 0 Å². The molecule has 0 spiro atoms. The Kier molecular flexibility index (Phi) is 4.95. The fourth-order valence-corrected chi connectivity index (χ4v) is 2.32. The van der Waals surface area contributed by atoms with Crippen LogP contribution in [0.3, 0.4) is 0 Å². The van der Waals surface area contributed by atoms with Crippen LogP contribution < -0.4 is 5.73 Å². The van der Waals surface area contributed by atoms with Crippen LogP contribution in [0.4, 0.5) is 0 Å². The molecule has 0 radical (unpaired) electrons. The van der Waals surface area contributed by atoms with E-state index in [-0.39, 0.29) is 23.8 Å². The third-order valence-electron chi connectivity index (χ3n) is 4.22. The van der Waals surface area contributed by atoms with E-state index in [1.807, 2.05) is 18.7 Å². The molecule has 0 aromatic heterocycles. The second kappa shape index (κ2) is 5.83. The maximum atomic E-state index is 12.1. The number of carbonyl (C=O) groups is 1. The van der Waals surface area contributed by atoms with E-state index in [4.69, 9.17) is 5.73 Å². The Balaban J connectivity index is 2.55. The van der Waals surface area contributed by atoms with Gasteiger partial charge in [-0.05, 0) is 30.6 Å². The molecule has 4 nitrogen and oxygen atoms in total. The minimum Gasteiger partial charge on any atom is -0.396 e. The third kappa shape index (κ3) is 3.19. The van der Waals surface area contributed by atoms with Gasteiger partial charge in [-0.2, -0.15) is 0 Å². The Morgan fingerprint density at radius 3 is 2.29 bits per heavy atom. The molecule has 17 heavy (non-hydrogen) atoms. The van der Waals surface area contributed by atoms with Gasteiger partial charge in [0.1, 0.15) is 0 Å². The Hall–Kier alpha value is -0.610. The van der Waals surface area contributed by atoms with Crippen LogP contribution in [-0.4, -0.2) is 41.7 Å². The number of rotatable bonds is 4. The predicted octanol–water partition coefficient (Wildman–Crippen LogP) is 0.981. The molecule has 0 aromatic carbocycles. The van der Waals surface area contributed by atoms with E-state index >= 15 is 0 Å². The first-order chi connectivity index (χ1) is 7.95. The number of piperidine rings is 1. The van der Waals surface area contributed by atoms with Crippen LogP contribution in [0.1, 0.15) is 40.0 Å². The lowest BCUT2D eigenvalue weighted by Crippen LogP contribution is -2.51. The topological polar surface area (TPSA) is 66.6 Å². The molecule has 1 fully saturated rings. The van der Waals surface area contributed by atoms with E-state index in [2.05, 4.69) is 6.92 Å². The van der Waals surface area contributed by atoms with E-state index in [9.17, 15) is 9.90 Å². The van der Waals surface area contributed by atoms with Gasteiger partial charge in [-0.15, -0.1) is 0 Å². The normalized spacial score (nSPS) is 21.6. The summed E-state index contributed by atoms with van der Waals surface area (Å²) >= 11 is 0. The summed E-state index contributed by atoms with van der Waals surface area (Å²) in [5.41, 5.74) is 5.91. The first-order valence-corrected chi connectivity index (χ1v) is 6.61. The highest BCUT2D eigenvalue weighted by Crippen LogP contribution is 2.34. The number of nitrogens with zero attached hydrogens (tertiary/aromatic N) is 1. The molecule has 1 atom stereocenters. The van der Waals surface area contributed by atoms with Crippen molar-refractivity contribution in [3.8, 4) is 0 Å². The van der Waals surface area contributed by atoms with Crippen LogP contribution in [-0.2, 0) is 4.79 Å². The standard InChI is InChI=1S/C13H26N2O2/c1-4-13(9-16)5-7-15(8-6-13)12(17)11(14)10(2)3/h10-11,16H,4-9,14H2,1-3H3/t11-/m0/s1. The number of amides is 1. The van der Waals surface area contributed by atoms with Crippen molar-refractivity contribution in [1.82, 2.24) is 4.90 Å². The second-order valence-corrected chi connectivity index (χ2v) is 5.61. The number of nitrogens with two attached hydrogens (primary N) is 1. The van der Waals surface area contributed by atoms with Gasteiger partial charge in [-0.3, -0.25) is 4.79 Å². The molecular weight excluding hydrogens is 216 g/mol. The van der Waals surface area contributed by atoms with Crippen LogP contribution in [0.2, 0.25) is 0 Å². The predicted molar refractivity (Wildman–Crippen MR) is 68.4 cm³/mol. The number of aliphatic hydroxyl groups is 1. The van der Waals surface area contributed by atoms with Crippen molar-refractivity contribution in [3.63, 3.8) is 0 Å². The number of hydrogen-bond acceptors (Lipinski definition) is 3. The number of carbonyl (C=O) groups excluding carboxylic acids is 1. The summed E-state index contributed by atoms with van der Waals surface area (Å²) in [5, 5.41) is 9.44. The van der Waals surface area contributed by atoms with Crippen molar-refractivity contribution < 1.29 is 9.90 Å². The van der Waals surface area contributed by atoms with Crippen molar-refractivity contribution in [2.24, 2.45) is 17.1 Å². The van der Waals surface area contributed by atoms with Gasteiger partial charge >= 0.3 is 0 Å². The van der Waals surface area contributed by atoms with Crippen LogP contribution in [0, 0.1) is 11.3 Å². The molecule has 1 saturated heterocycles. The average Bonchev–Trinajstić information content (AvgIpc) is 2.37. The van der Waals surface area contributed by atoms with E-state index in [0.717, 1.165) is 32.4 Å². The summed E-state index contributed by atoms with van der Waals surface area (Å²) in [7, 11) is 0. The largest absolute Gasteiger partial charge is 0.396 e. The van der Waals surface area contributed by atoms with Crippen molar-refractivity contribution in [1.29, 1.82) is 0 Å². The molecule has 1 aliphatic heterocycles. The zero-order valence-electron chi connectivity index (χ0n) is 11.3. The SMILES string of the molecule is CCC1(CO)CCN(C(=O)[C@@H](N)C(C)C)CC1. The lowest BCUT2D eigenvalue weighted by atomic mass is 9.77. The van der Waals surface area contributed by atoms with Gasteiger partial charge in [-0.1, -0.05) is 20.8 Å². The fourth-order valence-electron chi connectivity index (χ4n) is 2.32. The highest BCUT2D eigenvalue weighted by atomic mass is 16.3. The van der Waals surface area contributed by atoms with Crippen molar-refractivity contribution in [2.75, 3.05) is 19.7 Å². The Morgan fingerprint density at radius 2 is 1.94 bits per heavy atom. The molecule has 1 aliphatic rings. The zero-order chi connectivity index (χ0) is 13.1. The third-order valence-corrected chi connectivity index (χ3v) is 4.22. The molecule has 0 saturated carbocycles. The molecule has 1 amide bonds. The van der Waals surface area contributed by atoms with Crippen LogP contribution in [0.25, 0.3) is 0 Å². The van der Waals surface area contributed by atoms with Crippen LogP contribution in [0.5, 0.6) is 0 Å². The van der Waals surface area contributed by atoms with Crippen molar-refractivity contribution >= 4 is 5.91 Å². The monoisotopic (exact) mass is 242 g/mol. The highest BCUT2D eigenvalue weighted by molar-refractivity contribution is 5.82. The molecule has 0 aliphatic carbocycles. The van der Waals surface area contributed by atoms with Crippen LogP contribution >= 0.6 is 0 Å². The lowest BCUT2D eigenvalue weighted by Gasteiger charge is -2.41. The van der Waals surface area contributed by atoms with Gasteiger partial charge in [0, 0.05) is 19.7 Å². The number of hydrogen-bond donors (Lipinski definition) is 2. The average molecular weight is 242 g/mol. The molecular formula is C13H26N2O2. The highest BCUT2D eigenvalue weighted by Gasteiger charge is 2.35. The maximum absolute atomic E-state index is 12.1. The van der Waals surface area contributed by atoms with Gasteiger partial charge in [0.25, 0.3) is 0 Å². The minimum absolute atomic E-state index is 0.0265. The van der Waals surface area contributed by atoms with Gasteiger partial charge < -0.3 is 15.7 Å². The summed E-state index contributed by atoms with van der Waals surface area (Å²) < 4.78 is 0. The Bertz CT molecular complexity index is 252. The molecule has 1 heterocycles. The minimum atomic E-state index is -0.391. The Morgan fingerprint density at radius 1 is 1.41 bits per heavy atom. The van der Waals surface area contributed by atoms with Crippen molar-refractivity contribution in [3.05, 3.63) is 0 Å². The van der Waals surface area contributed by atoms with Gasteiger partial charge in [0.2, 0.25) is 5.91 Å². The van der Waals surface area contributed by atoms with Crippen LogP contribution in [0.15, 0.2) is 0 Å². The Labute approximate surface area is 104 Å². The zero-order valence-corrected chi connectivity index (χ0v) is 11.3. The molecule has 0 bridgehead atoms. The second-order valence-electron chi connectivity index (χ2n) is 5.61. The maximum Gasteiger partial charge on any atom is 0.239 e. The van der Waals surface area contributed by atoms with E-state index in [1.165, 1.54) is 0 Å². The molecule has 1 rings (SSSR count). The number of likely N-dealkylation sites (tertiary alicyclic amines) is 1. The summed E-state index contributed by atoms with van der Waals surface area (Å²) in [5.74, 6) is 0.237. The molecule has 3 N–H and O–H groups in total. The van der Waals surface area contributed by atoms with Gasteiger partial charge in [0.05, 0.1) is 6.04 Å². The molecule has 0 aromatic rings. The number of aliphatic hydroxyl groups excluding tert-OH is 1. The van der Waals surface area contributed by atoms with E-state index < -0.39 is 6.04 Å². The van der Waals surface area contributed by atoms with E-state index in [1.54, 1.807) is 0 Å². The summed E-state index contributed by atoms with van der Waals surface area (Å²) in [6.07, 6.45) is 2.74. The smallest absolute Gasteiger partial charge is 0.239 e. The molecule has 4 heteroatoms. The molecule has 0 unspecified atom stereocenters. The summed E-state index contributed by atoms with van der Waals surface area (Å²) in [6, 6.07) is -0.391. The van der Waals surface area contributed by atoms with Crippen molar-refractivity contribution in [2.45, 2.75) is 46.1 Å². The fraction of sp³-hybridized carbons (Fsp3) is 0.923. The van der Waals surface area contributed by atoms with E-state index in [0.29, 0.717) is 0 Å². The summed E-state index contributed by atoms with van der Waals surface area (Å²) in [6.45, 7) is 7.73. The van der Waals surface area contributed by atoms with Gasteiger partial charge in [0.15, 0.2) is 0 Å². The molecule has 100 valence electrons. The summed E-state index contributed by atoms with van der Waals surface area (Å²) in [4.78, 5) is 13.9. The quantitative estimate of drug-likeness (QED) is 0.772. The first-order valence-electron chi connectivity index (χ1n) is 6.61. The lowest BCUT2D eigenvalue weighted by molar-refractivity contribution is -0.136.